The number of hydrogen-bond acceptors (Lipinski definition) is 6. The number of fused-ring (bicyclic) bond motifs is 3. The van der Waals surface area contributed by atoms with Gasteiger partial charge in [0.25, 0.3) is 5.56 Å². The molecule has 6 nitrogen and oxygen atoms in total. The molecule has 1 aromatic carbocycles. The minimum atomic E-state index is -0.419. The fourth-order valence-electron chi connectivity index (χ4n) is 4.50. The second-order valence-electron chi connectivity index (χ2n) is 8.76. The Labute approximate surface area is 202 Å². The van der Waals surface area contributed by atoms with Gasteiger partial charge in [-0.05, 0) is 70.1 Å². The van der Waals surface area contributed by atoms with E-state index in [0.717, 1.165) is 52.7 Å². The Kier molecular flexibility index (Phi) is 7.26. The van der Waals surface area contributed by atoms with Gasteiger partial charge in [-0.2, -0.15) is 0 Å². The lowest BCUT2D eigenvalue weighted by molar-refractivity contribution is -0.115. The zero-order valence-corrected chi connectivity index (χ0v) is 21.5. The van der Waals surface area contributed by atoms with Crippen LogP contribution < -0.4 is 10.9 Å². The number of amides is 1. The molecule has 3 aromatic rings. The van der Waals surface area contributed by atoms with Crippen molar-refractivity contribution < 1.29 is 9.53 Å². The van der Waals surface area contributed by atoms with Crippen molar-refractivity contribution in [3.8, 4) is 0 Å². The van der Waals surface area contributed by atoms with E-state index in [9.17, 15) is 9.59 Å². The summed E-state index contributed by atoms with van der Waals surface area (Å²) in [6.07, 6.45) is 4.23. The van der Waals surface area contributed by atoms with E-state index in [1.165, 1.54) is 27.8 Å². The first-order valence-electron chi connectivity index (χ1n) is 11.4. The lowest BCUT2D eigenvalue weighted by atomic mass is 9.97. The van der Waals surface area contributed by atoms with E-state index in [0.29, 0.717) is 18.3 Å². The molecule has 1 atom stereocenters. The molecule has 0 saturated heterocycles. The summed E-state index contributed by atoms with van der Waals surface area (Å²) in [7, 11) is 1.62. The monoisotopic (exact) mass is 485 g/mol. The fourth-order valence-corrected chi connectivity index (χ4v) is 6.74. The molecule has 1 amide bonds. The van der Waals surface area contributed by atoms with Gasteiger partial charge in [0.15, 0.2) is 5.16 Å². The van der Waals surface area contributed by atoms with Crippen LogP contribution in [0.2, 0.25) is 0 Å². The van der Waals surface area contributed by atoms with Crippen LogP contribution in [0.5, 0.6) is 0 Å². The third-order valence-electron chi connectivity index (χ3n) is 6.14. The van der Waals surface area contributed by atoms with Gasteiger partial charge in [0.1, 0.15) is 4.83 Å². The van der Waals surface area contributed by atoms with Crippen molar-refractivity contribution in [2.75, 3.05) is 19.0 Å². The standard InChI is InChI=1S/C25H31N3O3S2/c1-14-12-15(2)21(16(3)13-14)26-22(29)17(4)32-25-27-23-20(24(30)28(25)10-11-31-5)18-8-6-7-9-19(18)33-23/h12-13,17H,6-11H2,1-5H3,(H,26,29). The van der Waals surface area contributed by atoms with Crippen LogP contribution in [0.4, 0.5) is 5.69 Å². The Morgan fingerprint density at radius 2 is 1.94 bits per heavy atom. The highest BCUT2D eigenvalue weighted by Gasteiger charge is 2.25. The number of carbonyl (C=O) groups is 1. The van der Waals surface area contributed by atoms with Gasteiger partial charge in [0.2, 0.25) is 5.91 Å². The molecule has 8 heteroatoms. The third kappa shape index (κ3) is 4.88. The van der Waals surface area contributed by atoms with E-state index in [1.807, 2.05) is 27.7 Å². The summed E-state index contributed by atoms with van der Waals surface area (Å²) in [5.74, 6) is -0.104. The first-order chi connectivity index (χ1) is 15.8. The van der Waals surface area contributed by atoms with Gasteiger partial charge in [0, 0.05) is 17.7 Å². The Hall–Kier alpha value is -2.16. The molecule has 33 heavy (non-hydrogen) atoms. The van der Waals surface area contributed by atoms with Crippen molar-refractivity contribution >= 4 is 44.9 Å². The molecule has 1 N–H and O–H groups in total. The van der Waals surface area contributed by atoms with Crippen LogP contribution >= 0.6 is 23.1 Å². The number of hydrogen-bond donors (Lipinski definition) is 1. The van der Waals surface area contributed by atoms with E-state index in [1.54, 1.807) is 23.0 Å². The Bertz CT molecular complexity index is 1240. The zero-order chi connectivity index (χ0) is 23.7. The molecule has 0 spiro atoms. The van der Waals surface area contributed by atoms with Gasteiger partial charge >= 0.3 is 0 Å². The van der Waals surface area contributed by atoms with Crippen molar-refractivity contribution in [2.24, 2.45) is 0 Å². The molecule has 0 fully saturated rings. The zero-order valence-electron chi connectivity index (χ0n) is 19.9. The molecule has 2 aromatic heterocycles. The minimum Gasteiger partial charge on any atom is -0.383 e. The summed E-state index contributed by atoms with van der Waals surface area (Å²) >= 11 is 2.96. The lowest BCUT2D eigenvalue weighted by Gasteiger charge is -2.18. The molecule has 1 unspecified atom stereocenters. The molecule has 176 valence electrons. The topological polar surface area (TPSA) is 73.2 Å². The number of aryl methyl sites for hydroxylation is 5. The van der Waals surface area contributed by atoms with Gasteiger partial charge in [-0.3, -0.25) is 14.2 Å². The Morgan fingerprint density at radius 3 is 2.64 bits per heavy atom. The number of benzene rings is 1. The van der Waals surface area contributed by atoms with Gasteiger partial charge < -0.3 is 10.1 Å². The molecule has 0 saturated carbocycles. The second kappa shape index (κ2) is 9.99. The van der Waals surface area contributed by atoms with Crippen LogP contribution in [-0.2, 0) is 28.9 Å². The van der Waals surface area contributed by atoms with E-state index >= 15 is 0 Å². The highest BCUT2D eigenvalue weighted by Crippen LogP contribution is 2.35. The highest BCUT2D eigenvalue weighted by atomic mass is 32.2. The maximum atomic E-state index is 13.5. The molecule has 1 aliphatic rings. The fraction of sp³-hybridized carbons (Fsp3) is 0.480. The molecule has 1 aliphatic carbocycles. The Balaban J connectivity index is 1.65. The predicted molar refractivity (Wildman–Crippen MR) is 137 cm³/mol. The van der Waals surface area contributed by atoms with Gasteiger partial charge in [-0.25, -0.2) is 4.98 Å². The lowest BCUT2D eigenvalue weighted by Crippen LogP contribution is -2.28. The first-order valence-corrected chi connectivity index (χ1v) is 13.1. The average Bonchev–Trinajstić information content (AvgIpc) is 3.14. The average molecular weight is 486 g/mol. The van der Waals surface area contributed by atoms with Gasteiger partial charge in [-0.15, -0.1) is 11.3 Å². The summed E-state index contributed by atoms with van der Waals surface area (Å²) in [6.45, 7) is 8.74. The SMILES string of the molecule is COCCn1c(SC(C)C(=O)Nc2c(C)cc(C)cc2C)nc2sc3c(c2c1=O)CCCC3. The number of rotatable bonds is 7. The molecular weight excluding hydrogens is 454 g/mol. The number of anilines is 1. The van der Waals surface area contributed by atoms with Crippen LogP contribution in [0, 0.1) is 20.8 Å². The van der Waals surface area contributed by atoms with Gasteiger partial charge in [-0.1, -0.05) is 29.5 Å². The normalized spacial score (nSPS) is 14.3. The summed E-state index contributed by atoms with van der Waals surface area (Å²) < 4.78 is 6.94. The Morgan fingerprint density at radius 1 is 1.24 bits per heavy atom. The van der Waals surface area contributed by atoms with Crippen LogP contribution in [0.1, 0.15) is 46.9 Å². The number of nitrogens with one attached hydrogen (secondary N) is 1. The van der Waals surface area contributed by atoms with Crippen molar-refractivity contribution in [3.63, 3.8) is 0 Å². The first kappa shape index (κ1) is 24.0. The number of methoxy groups -OCH3 is 1. The molecule has 0 radical (unpaired) electrons. The van der Waals surface area contributed by atoms with Crippen LogP contribution in [-0.4, -0.2) is 34.4 Å². The van der Waals surface area contributed by atoms with Crippen molar-refractivity contribution in [3.05, 3.63) is 49.6 Å². The second-order valence-corrected chi connectivity index (χ2v) is 11.1. The summed E-state index contributed by atoms with van der Waals surface area (Å²) in [6, 6.07) is 4.13. The van der Waals surface area contributed by atoms with Crippen LogP contribution in [0.15, 0.2) is 22.1 Å². The number of carbonyl (C=O) groups excluding carboxylic acids is 1. The molecule has 0 bridgehead atoms. The number of aromatic nitrogens is 2. The number of thiophene rings is 1. The summed E-state index contributed by atoms with van der Waals surface area (Å²) in [5.41, 5.74) is 5.26. The summed E-state index contributed by atoms with van der Waals surface area (Å²) in [5, 5.41) is 4.00. The quantitative estimate of drug-likeness (QED) is 0.375. The van der Waals surface area contributed by atoms with Crippen LogP contribution in [0.25, 0.3) is 10.2 Å². The van der Waals surface area contributed by atoms with E-state index in [-0.39, 0.29) is 11.5 Å². The number of nitrogens with zero attached hydrogens (tertiary/aromatic N) is 2. The largest absolute Gasteiger partial charge is 0.383 e. The molecular formula is C25H31N3O3S2. The van der Waals surface area contributed by atoms with E-state index in [2.05, 4.69) is 17.4 Å². The molecule has 4 rings (SSSR count). The number of ether oxygens (including phenoxy) is 1. The van der Waals surface area contributed by atoms with Crippen molar-refractivity contribution in [1.29, 1.82) is 0 Å². The smallest absolute Gasteiger partial charge is 0.263 e. The van der Waals surface area contributed by atoms with Crippen molar-refractivity contribution in [2.45, 2.75) is 70.3 Å². The molecule has 2 heterocycles. The minimum absolute atomic E-state index is 0.0169. The van der Waals surface area contributed by atoms with Gasteiger partial charge in [0.05, 0.1) is 23.8 Å². The molecule has 0 aliphatic heterocycles. The van der Waals surface area contributed by atoms with Crippen LogP contribution in [0.3, 0.4) is 0 Å². The van der Waals surface area contributed by atoms with Crippen molar-refractivity contribution in [1.82, 2.24) is 9.55 Å². The third-order valence-corrected chi connectivity index (χ3v) is 8.41. The number of thioether (sulfide) groups is 1. The van der Waals surface area contributed by atoms with E-state index < -0.39 is 5.25 Å². The maximum absolute atomic E-state index is 13.5. The highest BCUT2D eigenvalue weighted by molar-refractivity contribution is 8.00. The maximum Gasteiger partial charge on any atom is 0.263 e. The predicted octanol–water partition coefficient (Wildman–Crippen LogP) is 5.03. The summed E-state index contributed by atoms with van der Waals surface area (Å²) in [4.78, 5) is 33.5. The van der Waals surface area contributed by atoms with E-state index in [4.69, 9.17) is 9.72 Å².